The van der Waals surface area contributed by atoms with Crippen LogP contribution in [0.2, 0.25) is 10.0 Å². The van der Waals surface area contributed by atoms with E-state index < -0.39 is 23.6 Å². The average molecular weight is 628 g/mol. The molecule has 0 aromatic heterocycles. The molecule has 0 radical (unpaired) electrons. The molecule has 4 aromatic rings. The van der Waals surface area contributed by atoms with E-state index in [4.69, 9.17) is 23.2 Å². The maximum atomic E-state index is 13.1. The van der Waals surface area contributed by atoms with E-state index in [1.165, 1.54) is 12.2 Å². The number of hydrogen-bond donors (Lipinski definition) is 4. The van der Waals surface area contributed by atoms with Crippen LogP contribution < -0.4 is 21.3 Å². The second-order valence-electron chi connectivity index (χ2n) is 9.37. The van der Waals surface area contributed by atoms with Crippen molar-refractivity contribution in [1.29, 1.82) is 0 Å². The van der Waals surface area contributed by atoms with E-state index >= 15 is 0 Å². The van der Waals surface area contributed by atoms with Crippen LogP contribution in [0, 0.1) is 0 Å². The minimum Gasteiger partial charge on any atom is -0.349 e. The van der Waals surface area contributed by atoms with E-state index in [0.29, 0.717) is 32.3 Å². The highest BCUT2D eigenvalue weighted by atomic mass is 35.5. The van der Waals surface area contributed by atoms with Gasteiger partial charge in [0.05, 0.1) is 0 Å². The summed E-state index contributed by atoms with van der Waals surface area (Å²) in [5, 5.41) is 11.8. The maximum Gasteiger partial charge on any atom is 0.267 e. The first-order chi connectivity index (χ1) is 21.3. The third kappa shape index (κ3) is 9.69. The first kappa shape index (κ1) is 31.7. The smallest absolute Gasteiger partial charge is 0.267 e. The first-order valence-corrected chi connectivity index (χ1v) is 14.3. The highest BCUT2D eigenvalue weighted by Crippen LogP contribution is 2.14. The molecule has 222 valence electrons. The van der Waals surface area contributed by atoms with Crippen molar-refractivity contribution in [2.45, 2.75) is 0 Å². The quantitative estimate of drug-likeness (QED) is 0.130. The summed E-state index contributed by atoms with van der Waals surface area (Å²) >= 11 is 12.0. The SMILES string of the molecule is O=C(NCCNC(=O)/C(=C/c1ccc(Cl)cc1)NC(=O)c1ccccc1)/C(=C/c1ccc(Cl)cc1)NC(=O)c1ccccc1. The molecule has 0 aliphatic heterocycles. The van der Waals surface area contributed by atoms with Crippen LogP contribution in [0.1, 0.15) is 31.8 Å². The van der Waals surface area contributed by atoms with Crippen molar-refractivity contribution >= 4 is 59.0 Å². The Hall–Kier alpha value is -5.18. The van der Waals surface area contributed by atoms with Gasteiger partial charge in [-0.05, 0) is 71.8 Å². The molecular weight excluding hydrogens is 599 g/mol. The molecule has 0 aliphatic carbocycles. The highest BCUT2D eigenvalue weighted by Gasteiger charge is 2.17. The molecule has 0 heterocycles. The lowest BCUT2D eigenvalue weighted by Gasteiger charge is -2.13. The van der Waals surface area contributed by atoms with Crippen LogP contribution in [0.15, 0.2) is 121 Å². The van der Waals surface area contributed by atoms with E-state index in [9.17, 15) is 19.2 Å². The second kappa shape index (κ2) is 15.9. The van der Waals surface area contributed by atoms with Gasteiger partial charge in [0.25, 0.3) is 23.6 Å². The molecule has 8 nitrogen and oxygen atoms in total. The van der Waals surface area contributed by atoms with Gasteiger partial charge < -0.3 is 21.3 Å². The highest BCUT2D eigenvalue weighted by molar-refractivity contribution is 6.30. The zero-order chi connectivity index (χ0) is 31.3. The number of carbonyl (C=O) groups excluding carboxylic acids is 4. The van der Waals surface area contributed by atoms with Gasteiger partial charge in [0.15, 0.2) is 0 Å². The Morgan fingerprint density at radius 1 is 0.500 bits per heavy atom. The van der Waals surface area contributed by atoms with Gasteiger partial charge in [-0.3, -0.25) is 19.2 Å². The van der Waals surface area contributed by atoms with Crippen molar-refractivity contribution in [3.8, 4) is 0 Å². The van der Waals surface area contributed by atoms with Gasteiger partial charge in [-0.1, -0.05) is 83.9 Å². The summed E-state index contributed by atoms with van der Waals surface area (Å²) in [7, 11) is 0. The molecule has 10 heteroatoms. The Morgan fingerprint density at radius 2 is 0.841 bits per heavy atom. The predicted octanol–water partition coefficient (Wildman–Crippen LogP) is 5.47. The van der Waals surface area contributed by atoms with Gasteiger partial charge in [-0.2, -0.15) is 0 Å². The van der Waals surface area contributed by atoms with E-state index in [2.05, 4.69) is 21.3 Å². The summed E-state index contributed by atoms with van der Waals surface area (Å²) in [6, 6.07) is 30.5. The maximum absolute atomic E-state index is 13.1. The van der Waals surface area contributed by atoms with Crippen LogP contribution in [0.3, 0.4) is 0 Å². The number of rotatable bonds is 11. The summed E-state index contributed by atoms with van der Waals surface area (Å²) in [6.45, 7) is 0.0647. The lowest BCUT2D eigenvalue weighted by molar-refractivity contribution is -0.119. The number of hydrogen-bond acceptors (Lipinski definition) is 4. The van der Waals surface area contributed by atoms with E-state index in [1.54, 1.807) is 109 Å². The van der Waals surface area contributed by atoms with Gasteiger partial charge >= 0.3 is 0 Å². The van der Waals surface area contributed by atoms with E-state index in [-0.39, 0.29) is 24.5 Å². The fourth-order valence-corrected chi connectivity index (χ4v) is 4.13. The van der Waals surface area contributed by atoms with Crippen molar-refractivity contribution in [1.82, 2.24) is 21.3 Å². The lowest BCUT2D eigenvalue weighted by Crippen LogP contribution is -2.41. The minimum absolute atomic E-state index is 0.00551. The topological polar surface area (TPSA) is 116 Å². The van der Waals surface area contributed by atoms with Gasteiger partial charge in [-0.15, -0.1) is 0 Å². The number of benzene rings is 4. The summed E-state index contributed by atoms with van der Waals surface area (Å²) in [4.78, 5) is 51.8. The molecule has 0 fully saturated rings. The molecule has 0 saturated heterocycles. The number of halogens is 2. The zero-order valence-corrected chi connectivity index (χ0v) is 24.9. The summed E-state index contributed by atoms with van der Waals surface area (Å²) in [5.74, 6) is -2.04. The van der Waals surface area contributed by atoms with Crippen LogP contribution in [0.4, 0.5) is 0 Å². The van der Waals surface area contributed by atoms with Crippen LogP contribution >= 0.6 is 23.2 Å². The Balaban J connectivity index is 1.42. The molecule has 4 rings (SSSR count). The largest absolute Gasteiger partial charge is 0.349 e. The molecule has 0 spiro atoms. The van der Waals surface area contributed by atoms with Crippen molar-refractivity contribution in [2.24, 2.45) is 0 Å². The van der Waals surface area contributed by atoms with E-state index in [0.717, 1.165) is 0 Å². The number of amides is 4. The first-order valence-electron chi connectivity index (χ1n) is 13.5. The molecule has 0 bridgehead atoms. The average Bonchev–Trinajstić information content (AvgIpc) is 3.05. The Labute approximate surface area is 264 Å². The lowest BCUT2D eigenvalue weighted by atomic mass is 10.1. The molecule has 4 N–H and O–H groups in total. The summed E-state index contributed by atoms with van der Waals surface area (Å²) in [6.07, 6.45) is 3.05. The number of carbonyl (C=O) groups is 4. The van der Waals surface area contributed by atoms with Crippen LogP contribution in [-0.2, 0) is 9.59 Å². The van der Waals surface area contributed by atoms with Gasteiger partial charge in [-0.25, -0.2) is 0 Å². The van der Waals surface area contributed by atoms with Crippen molar-refractivity contribution in [3.05, 3.63) is 153 Å². The minimum atomic E-state index is -0.562. The van der Waals surface area contributed by atoms with Gasteiger partial charge in [0.2, 0.25) is 0 Å². The molecular formula is C34H28Cl2N4O4. The summed E-state index contributed by atoms with van der Waals surface area (Å²) in [5.41, 5.74) is 2.07. The van der Waals surface area contributed by atoms with Crippen LogP contribution in [-0.4, -0.2) is 36.7 Å². The van der Waals surface area contributed by atoms with Crippen molar-refractivity contribution in [2.75, 3.05) is 13.1 Å². The fourth-order valence-electron chi connectivity index (χ4n) is 3.88. The third-order valence-corrected chi connectivity index (χ3v) is 6.62. The monoisotopic (exact) mass is 626 g/mol. The zero-order valence-electron chi connectivity index (χ0n) is 23.4. The molecule has 4 aromatic carbocycles. The van der Waals surface area contributed by atoms with Crippen molar-refractivity contribution < 1.29 is 19.2 Å². The third-order valence-electron chi connectivity index (χ3n) is 6.12. The van der Waals surface area contributed by atoms with Gasteiger partial charge in [0, 0.05) is 34.3 Å². The Kier molecular flexibility index (Phi) is 11.5. The molecule has 44 heavy (non-hydrogen) atoms. The molecule has 0 atom stereocenters. The fraction of sp³-hybridized carbons (Fsp3) is 0.0588. The second-order valence-corrected chi connectivity index (χ2v) is 10.2. The van der Waals surface area contributed by atoms with Crippen LogP contribution in [0.25, 0.3) is 12.2 Å². The standard InChI is InChI=1S/C34H28Cl2N4O4/c35-27-15-11-23(12-16-27)21-29(39-31(41)25-7-3-1-4-8-25)33(43)37-19-20-38-34(44)30(22-24-13-17-28(36)18-14-24)40-32(42)26-9-5-2-6-10-26/h1-18,21-22H,19-20H2,(H,37,43)(H,38,44)(H,39,41)(H,40,42)/b29-21-,30-22-. The molecule has 0 saturated carbocycles. The molecule has 0 unspecified atom stereocenters. The molecule has 4 amide bonds. The van der Waals surface area contributed by atoms with Crippen molar-refractivity contribution in [3.63, 3.8) is 0 Å². The molecule has 0 aliphatic rings. The van der Waals surface area contributed by atoms with Crippen LogP contribution in [0.5, 0.6) is 0 Å². The van der Waals surface area contributed by atoms with Gasteiger partial charge in [0.1, 0.15) is 11.4 Å². The number of nitrogens with one attached hydrogen (secondary N) is 4. The Bertz CT molecular complexity index is 1550. The van der Waals surface area contributed by atoms with E-state index in [1.807, 2.05) is 0 Å². The summed E-state index contributed by atoms with van der Waals surface area (Å²) < 4.78 is 0. The Morgan fingerprint density at radius 3 is 1.18 bits per heavy atom. The predicted molar refractivity (Wildman–Crippen MR) is 173 cm³/mol. The normalized spacial score (nSPS) is 11.3.